The lowest BCUT2D eigenvalue weighted by Crippen LogP contribution is -2.17. The third-order valence-electron chi connectivity index (χ3n) is 10.9. The first-order valence-electron chi connectivity index (χ1n) is 26.6. The van der Waals surface area contributed by atoms with Gasteiger partial charge in [0.15, 0.2) is 0 Å². The maximum atomic E-state index is 12.5. The maximum Gasteiger partial charge on any atom is 0.149 e. The molecule has 8 aromatic rings. The van der Waals surface area contributed by atoms with Gasteiger partial charge in [-0.05, 0) is 123 Å². The Morgan fingerprint density at radius 3 is 1.98 bits per heavy atom. The van der Waals surface area contributed by atoms with E-state index in [4.69, 9.17) is 21.4 Å². The number of phenols is 1. The Bertz CT molecular complexity index is 3490. The molecule has 0 bridgehead atoms. The number of aromatic nitrogens is 3. The number of benzene rings is 6. The van der Waals surface area contributed by atoms with Crippen LogP contribution in [0, 0.1) is 13.7 Å². The second kappa shape index (κ2) is 15.1. The van der Waals surface area contributed by atoms with E-state index in [-0.39, 0.29) is 28.2 Å². The van der Waals surface area contributed by atoms with E-state index in [0.29, 0.717) is 50.1 Å². The normalized spacial score (nSPS) is 15.8. The van der Waals surface area contributed by atoms with Crippen molar-refractivity contribution < 1.29 is 22.9 Å². The van der Waals surface area contributed by atoms with Crippen molar-refractivity contribution >= 4 is 11.0 Å². The van der Waals surface area contributed by atoms with E-state index in [2.05, 4.69) is 25.8 Å². The largest absolute Gasteiger partial charge is 0.507 e. The van der Waals surface area contributed by atoms with Crippen molar-refractivity contribution in [1.29, 1.82) is 0 Å². The Morgan fingerprint density at radius 1 is 0.583 bits per heavy atom. The van der Waals surface area contributed by atoms with Crippen LogP contribution in [0.25, 0.3) is 72.7 Å². The molecule has 0 amide bonds. The molecule has 0 unspecified atom stereocenters. The molecule has 0 atom stereocenters. The zero-order valence-corrected chi connectivity index (χ0v) is 35.5. The second-order valence-corrected chi connectivity index (χ2v) is 18.5. The molecule has 4 nitrogen and oxygen atoms in total. The Kier molecular flexibility index (Phi) is 6.91. The van der Waals surface area contributed by atoms with Crippen molar-refractivity contribution in [3.63, 3.8) is 0 Å². The molecule has 6 aromatic carbocycles. The van der Waals surface area contributed by atoms with Crippen molar-refractivity contribution in [2.24, 2.45) is 0 Å². The van der Waals surface area contributed by atoms with Crippen molar-refractivity contribution in [3.8, 4) is 67.5 Å². The van der Waals surface area contributed by atoms with Crippen molar-refractivity contribution in [3.05, 3.63) is 167 Å². The summed E-state index contributed by atoms with van der Waals surface area (Å²) in [7, 11) is 0. The summed E-state index contributed by atoms with van der Waals surface area (Å²) in [6, 6.07) is 25.5. The summed E-state index contributed by atoms with van der Waals surface area (Å²) < 4.78 is 115. The second-order valence-electron chi connectivity index (χ2n) is 18.5. The molecule has 0 fully saturated rings. The molecule has 0 saturated carbocycles. The number of fused-ring (bicyclic) bond motifs is 1. The summed E-state index contributed by atoms with van der Waals surface area (Å²) in [5, 5.41) is 12.5. The predicted molar refractivity (Wildman–Crippen MR) is 253 cm³/mol. The number of imidazole rings is 1. The molecule has 4 heteroatoms. The summed E-state index contributed by atoms with van der Waals surface area (Å²) in [6.07, 6.45) is -0.610. The van der Waals surface area contributed by atoms with E-state index in [1.54, 1.807) is 28.8 Å². The van der Waals surface area contributed by atoms with Crippen molar-refractivity contribution in [2.75, 3.05) is 0 Å². The SMILES string of the molecule is [2H]c1nc(-c2cc(-c3cccc4c3nc(-c3cc(C(C)(C)C)cc(C(C)(C)C)c3O)n4-c3ccc(-c4ccccc4)cc3C([2H])([2H])[2H])cc(C(C)(C)C)c2)c([2H])c(-c2c([2H])c([2H])c(C([2H])([2H])[2H])c([2H])c2[2H])c1[2H]. The molecule has 2 heterocycles. The first-order valence-corrected chi connectivity index (χ1v) is 20.1. The van der Waals surface area contributed by atoms with Crippen LogP contribution < -0.4 is 0 Å². The van der Waals surface area contributed by atoms with Gasteiger partial charge in [-0.3, -0.25) is 9.55 Å². The number of rotatable bonds is 6. The van der Waals surface area contributed by atoms with Crippen LogP contribution in [0.3, 0.4) is 0 Å². The highest BCUT2D eigenvalue weighted by molar-refractivity contribution is 5.97. The van der Waals surface area contributed by atoms with Crippen molar-refractivity contribution in [2.45, 2.75) is 92.3 Å². The van der Waals surface area contributed by atoms with Crippen LogP contribution in [-0.4, -0.2) is 19.6 Å². The quantitative estimate of drug-likeness (QED) is 0.182. The van der Waals surface area contributed by atoms with Gasteiger partial charge < -0.3 is 5.11 Å². The number of aromatic hydroxyl groups is 1. The minimum atomic E-state index is -2.99. The minimum Gasteiger partial charge on any atom is -0.507 e. The highest BCUT2D eigenvalue weighted by Gasteiger charge is 2.29. The van der Waals surface area contributed by atoms with Gasteiger partial charge in [0.1, 0.15) is 11.6 Å². The number of phenolic OH excluding ortho intramolecular Hbond substituents is 1. The summed E-state index contributed by atoms with van der Waals surface area (Å²) in [5.41, 5.74) is 3.88. The number of hydrogen-bond donors (Lipinski definition) is 1. The summed E-state index contributed by atoms with van der Waals surface area (Å²) in [6.45, 7) is 12.7. The smallest absolute Gasteiger partial charge is 0.149 e. The fourth-order valence-corrected chi connectivity index (χ4v) is 7.48. The average Bonchev–Trinajstić information content (AvgIpc) is 3.68. The van der Waals surface area contributed by atoms with Crippen LogP contribution in [0.4, 0.5) is 0 Å². The van der Waals surface area contributed by atoms with Gasteiger partial charge in [-0.25, -0.2) is 4.98 Å². The fourth-order valence-electron chi connectivity index (χ4n) is 7.48. The first kappa shape index (κ1) is 27.5. The van der Waals surface area contributed by atoms with Crippen LogP contribution in [0.15, 0.2) is 139 Å². The van der Waals surface area contributed by atoms with Gasteiger partial charge in [0.05, 0.1) is 37.6 Å². The van der Waals surface area contributed by atoms with Crippen LogP contribution >= 0.6 is 0 Å². The number of para-hydroxylation sites is 1. The Hall–Kier alpha value is -6.26. The Labute approximate surface area is 374 Å². The maximum absolute atomic E-state index is 12.5. The van der Waals surface area contributed by atoms with Gasteiger partial charge in [0.25, 0.3) is 0 Å². The van der Waals surface area contributed by atoms with Crippen LogP contribution in [-0.2, 0) is 16.2 Å². The Morgan fingerprint density at radius 2 is 1.30 bits per heavy atom. The van der Waals surface area contributed by atoms with Gasteiger partial charge in [-0.2, -0.15) is 0 Å². The summed E-state index contributed by atoms with van der Waals surface area (Å²) >= 11 is 0. The number of nitrogens with zero attached hydrogens (tertiary/aromatic N) is 3. The molecule has 302 valence electrons. The van der Waals surface area contributed by atoms with Gasteiger partial charge in [0, 0.05) is 31.1 Å². The number of pyridine rings is 1. The van der Waals surface area contributed by atoms with E-state index < -0.39 is 83.7 Å². The topological polar surface area (TPSA) is 50.9 Å². The van der Waals surface area contributed by atoms with Gasteiger partial charge in [-0.1, -0.05) is 153 Å². The number of hydrogen-bond acceptors (Lipinski definition) is 3. The molecule has 8 rings (SSSR count). The molecule has 0 radical (unpaired) electrons. The molecule has 0 aliphatic rings. The van der Waals surface area contributed by atoms with E-state index >= 15 is 0 Å². The van der Waals surface area contributed by atoms with Crippen LogP contribution in [0.2, 0.25) is 0 Å². The Balaban J connectivity index is 1.47. The third-order valence-corrected chi connectivity index (χ3v) is 10.9. The van der Waals surface area contributed by atoms with Gasteiger partial charge >= 0.3 is 0 Å². The molecule has 0 aliphatic carbocycles. The number of aryl methyl sites for hydroxylation is 1. The van der Waals surface area contributed by atoms with Crippen LogP contribution in [0.5, 0.6) is 5.75 Å². The highest BCUT2D eigenvalue weighted by Crippen LogP contribution is 2.45. The molecular formula is C56H57N3O. The summed E-state index contributed by atoms with van der Waals surface area (Å²) in [4.78, 5) is 9.81. The average molecular weight is 801 g/mol. The minimum absolute atomic E-state index is 0.00403. The molecule has 60 heavy (non-hydrogen) atoms. The zero-order chi connectivity index (χ0) is 53.8. The van der Waals surface area contributed by atoms with E-state index in [0.717, 1.165) is 16.7 Å². The molecular weight excluding hydrogens is 731 g/mol. The summed E-state index contributed by atoms with van der Waals surface area (Å²) in [5.74, 6) is 0.284. The van der Waals surface area contributed by atoms with Gasteiger partial charge in [-0.15, -0.1) is 0 Å². The van der Waals surface area contributed by atoms with E-state index in [1.165, 1.54) is 0 Å². The molecule has 0 saturated heterocycles. The molecule has 1 N–H and O–H groups in total. The van der Waals surface area contributed by atoms with E-state index in [9.17, 15) is 6.48 Å². The lowest BCUT2D eigenvalue weighted by Gasteiger charge is -2.27. The lowest BCUT2D eigenvalue weighted by molar-refractivity contribution is 0.446. The van der Waals surface area contributed by atoms with Crippen LogP contribution in [0.1, 0.15) is 108 Å². The third kappa shape index (κ3) is 7.79. The van der Waals surface area contributed by atoms with Gasteiger partial charge in [0.2, 0.25) is 0 Å². The van der Waals surface area contributed by atoms with E-state index in [1.807, 2.05) is 114 Å². The zero-order valence-electron chi connectivity index (χ0n) is 48.5. The van der Waals surface area contributed by atoms with Crippen molar-refractivity contribution in [1.82, 2.24) is 14.5 Å². The first-order chi connectivity index (χ1) is 33.7. The molecule has 0 aliphatic heterocycles. The standard InChI is InChI=1S/C56H57N3O/c1-35-20-22-38(23-21-35)40-26-27-57-48(32-40)42-29-41(30-43(31-42)54(3,4)5)45-18-15-19-50-51(45)58-53(46-33-44(55(6,7)8)34-47(52(46)60)56(9,10)11)59(50)49-25-24-39(28-36(49)2)37-16-13-12-14-17-37/h12-34,60H,1-11H3/i1D3,2D3,20D,21D,22D,23D,26D,27D,32D. The molecule has 0 spiro atoms. The highest BCUT2D eigenvalue weighted by atomic mass is 16.3. The molecule has 2 aromatic heterocycles. The predicted octanol–water partition coefficient (Wildman–Crippen LogP) is 15.0. The monoisotopic (exact) mass is 801 g/mol. The lowest BCUT2D eigenvalue weighted by atomic mass is 9.79. The fraction of sp³-hybridized carbons (Fsp3) is 0.250.